The Balaban J connectivity index is 1.90. The molecule has 1 N–H and O–H groups in total. The first-order valence-corrected chi connectivity index (χ1v) is 7.78. The van der Waals surface area contributed by atoms with Crippen LogP contribution in [0.4, 0.5) is 0 Å². The third-order valence-corrected chi connectivity index (χ3v) is 4.12. The number of nitrogens with zero attached hydrogens (tertiary/aromatic N) is 3. The first-order valence-electron chi connectivity index (χ1n) is 6.90. The third kappa shape index (κ3) is 3.94. The van der Waals surface area contributed by atoms with E-state index < -0.39 is 0 Å². The van der Waals surface area contributed by atoms with Gasteiger partial charge in [-0.15, -0.1) is 10.2 Å². The van der Waals surface area contributed by atoms with E-state index >= 15 is 0 Å². The van der Waals surface area contributed by atoms with Gasteiger partial charge in [0.05, 0.1) is 0 Å². The van der Waals surface area contributed by atoms with Crippen LogP contribution in [0, 0.1) is 0 Å². The van der Waals surface area contributed by atoms with Gasteiger partial charge in [0.15, 0.2) is 10.8 Å². The molecule has 0 aliphatic rings. The first kappa shape index (κ1) is 14.3. The summed E-state index contributed by atoms with van der Waals surface area (Å²) in [5.74, 6) is 0. The molecule has 2 rings (SSSR count). The lowest BCUT2D eigenvalue weighted by atomic mass is 10.2. The van der Waals surface area contributed by atoms with Crippen LogP contribution in [0.5, 0.6) is 0 Å². The van der Waals surface area contributed by atoms with Crippen molar-refractivity contribution in [2.45, 2.75) is 50.1 Å². The fraction of sp³-hybridized carbons (Fsp3) is 0.571. The zero-order valence-electron chi connectivity index (χ0n) is 11.8. The lowest BCUT2D eigenvalue weighted by Gasteiger charge is -2.16. The summed E-state index contributed by atoms with van der Waals surface area (Å²) >= 11 is 1.77. The molecule has 0 bridgehead atoms. The minimum absolute atomic E-state index is 0.479. The number of thioether (sulfide) groups is 1. The molecule has 0 fully saturated rings. The highest BCUT2D eigenvalue weighted by molar-refractivity contribution is 7.99. The summed E-state index contributed by atoms with van der Waals surface area (Å²) < 4.78 is 2.04. The number of fused-ring (bicyclic) bond motifs is 1. The maximum Gasteiger partial charge on any atom is 0.195 e. The van der Waals surface area contributed by atoms with Crippen LogP contribution in [-0.4, -0.2) is 32.4 Å². The van der Waals surface area contributed by atoms with Gasteiger partial charge < -0.3 is 5.32 Å². The smallest absolute Gasteiger partial charge is 0.195 e. The number of aromatic nitrogens is 3. The summed E-state index contributed by atoms with van der Waals surface area (Å²) in [5.41, 5.74) is 0.907. The van der Waals surface area contributed by atoms with Crippen LogP contribution in [0.15, 0.2) is 29.6 Å². The van der Waals surface area contributed by atoms with E-state index in [0.29, 0.717) is 11.3 Å². The fourth-order valence-electron chi connectivity index (χ4n) is 2.02. The Kier molecular flexibility index (Phi) is 5.22. The molecule has 2 atom stereocenters. The Hall–Kier alpha value is -1.07. The van der Waals surface area contributed by atoms with Gasteiger partial charge in [-0.3, -0.25) is 4.40 Å². The Morgan fingerprint density at radius 3 is 2.95 bits per heavy atom. The predicted octanol–water partition coefficient (Wildman–Crippen LogP) is 2.99. The average Bonchev–Trinajstić information content (AvgIpc) is 2.80. The van der Waals surface area contributed by atoms with Gasteiger partial charge in [0.25, 0.3) is 0 Å². The van der Waals surface area contributed by atoms with Crippen LogP contribution >= 0.6 is 11.8 Å². The maximum absolute atomic E-state index is 4.25. The molecule has 5 heteroatoms. The number of nitrogens with one attached hydrogen (secondary N) is 1. The van der Waals surface area contributed by atoms with Gasteiger partial charge in [0, 0.05) is 24.0 Å². The molecule has 0 radical (unpaired) electrons. The second-order valence-corrected chi connectivity index (χ2v) is 6.34. The van der Waals surface area contributed by atoms with Gasteiger partial charge >= 0.3 is 0 Å². The second-order valence-electron chi connectivity index (χ2n) is 4.94. The number of rotatable bonds is 7. The van der Waals surface area contributed by atoms with Crippen molar-refractivity contribution in [3.8, 4) is 0 Å². The highest BCUT2D eigenvalue weighted by Gasteiger charge is 2.11. The molecule has 0 spiro atoms. The van der Waals surface area contributed by atoms with Gasteiger partial charge in [0.2, 0.25) is 0 Å². The fourth-order valence-corrected chi connectivity index (χ4v) is 2.92. The standard InChI is InChI=1S/C14H22N4S/c1-4-7-11(2)15-10-12(3)19-14-17-16-13-8-5-6-9-18(13)14/h5-6,8-9,11-12,15H,4,7,10H2,1-3H3. The molecule has 104 valence electrons. The van der Waals surface area contributed by atoms with E-state index in [-0.39, 0.29) is 0 Å². The van der Waals surface area contributed by atoms with E-state index in [4.69, 9.17) is 0 Å². The van der Waals surface area contributed by atoms with E-state index in [0.717, 1.165) is 17.3 Å². The van der Waals surface area contributed by atoms with Crippen molar-refractivity contribution in [2.24, 2.45) is 0 Å². The van der Waals surface area contributed by atoms with E-state index in [1.807, 2.05) is 28.8 Å². The Bertz CT molecular complexity index is 511. The normalized spacial score (nSPS) is 14.7. The SMILES string of the molecule is CCCC(C)NCC(C)Sc1nnc2ccccn12. The molecule has 0 aliphatic heterocycles. The Morgan fingerprint density at radius 2 is 2.16 bits per heavy atom. The Morgan fingerprint density at radius 1 is 1.32 bits per heavy atom. The van der Waals surface area contributed by atoms with E-state index in [1.54, 1.807) is 11.8 Å². The first-order chi connectivity index (χ1) is 9.20. The van der Waals surface area contributed by atoms with Gasteiger partial charge in [-0.1, -0.05) is 38.1 Å². The van der Waals surface area contributed by atoms with Crippen LogP contribution in [0.1, 0.15) is 33.6 Å². The summed E-state index contributed by atoms with van der Waals surface area (Å²) in [6.45, 7) is 7.68. The quantitative estimate of drug-likeness (QED) is 0.791. The van der Waals surface area contributed by atoms with Crippen molar-refractivity contribution in [1.29, 1.82) is 0 Å². The molecule has 19 heavy (non-hydrogen) atoms. The van der Waals surface area contributed by atoms with Gasteiger partial charge in [0.1, 0.15) is 0 Å². The molecular weight excluding hydrogens is 256 g/mol. The molecule has 2 aromatic rings. The summed E-state index contributed by atoms with van der Waals surface area (Å²) in [4.78, 5) is 0. The number of hydrogen-bond donors (Lipinski definition) is 1. The third-order valence-electron chi connectivity index (χ3n) is 3.06. The molecule has 2 aromatic heterocycles. The molecule has 0 amide bonds. The summed E-state index contributed by atoms with van der Waals surface area (Å²) in [6.07, 6.45) is 4.47. The van der Waals surface area contributed by atoms with E-state index in [1.165, 1.54) is 12.8 Å². The predicted molar refractivity (Wildman–Crippen MR) is 80.7 cm³/mol. The highest BCUT2D eigenvalue weighted by Crippen LogP contribution is 2.21. The summed E-state index contributed by atoms with van der Waals surface area (Å²) in [6, 6.07) is 6.55. The number of hydrogen-bond acceptors (Lipinski definition) is 4. The van der Waals surface area contributed by atoms with Crippen molar-refractivity contribution < 1.29 is 0 Å². The van der Waals surface area contributed by atoms with Crippen LogP contribution in [0.3, 0.4) is 0 Å². The lowest BCUT2D eigenvalue weighted by molar-refractivity contribution is 0.511. The van der Waals surface area contributed by atoms with Gasteiger partial charge in [-0.25, -0.2) is 0 Å². The van der Waals surface area contributed by atoms with Crippen LogP contribution in [0.25, 0.3) is 5.65 Å². The molecule has 0 saturated carbocycles. The van der Waals surface area contributed by atoms with Crippen molar-refractivity contribution in [2.75, 3.05) is 6.54 Å². The molecule has 0 aromatic carbocycles. The summed E-state index contributed by atoms with van der Waals surface area (Å²) in [5, 5.41) is 13.4. The molecule has 2 unspecified atom stereocenters. The molecule has 0 saturated heterocycles. The van der Waals surface area contributed by atoms with Crippen molar-refractivity contribution in [1.82, 2.24) is 19.9 Å². The van der Waals surface area contributed by atoms with Crippen LogP contribution in [0.2, 0.25) is 0 Å². The van der Waals surface area contributed by atoms with Crippen molar-refractivity contribution >= 4 is 17.4 Å². The van der Waals surface area contributed by atoms with Gasteiger partial charge in [-0.05, 0) is 25.5 Å². The molecule has 2 heterocycles. The average molecular weight is 278 g/mol. The lowest BCUT2D eigenvalue weighted by Crippen LogP contribution is -2.31. The maximum atomic E-state index is 4.25. The number of pyridine rings is 1. The van der Waals surface area contributed by atoms with Crippen molar-refractivity contribution in [3.63, 3.8) is 0 Å². The minimum Gasteiger partial charge on any atom is -0.313 e. The molecule has 0 aliphatic carbocycles. The molecular formula is C14H22N4S. The Labute approximate surface area is 119 Å². The van der Waals surface area contributed by atoms with E-state index in [2.05, 4.69) is 36.3 Å². The van der Waals surface area contributed by atoms with Crippen molar-refractivity contribution in [3.05, 3.63) is 24.4 Å². The largest absolute Gasteiger partial charge is 0.313 e. The highest BCUT2D eigenvalue weighted by atomic mass is 32.2. The zero-order valence-corrected chi connectivity index (χ0v) is 12.7. The van der Waals surface area contributed by atoms with Gasteiger partial charge in [-0.2, -0.15) is 0 Å². The van der Waals surface area contributed by atoms with E-state index in [9.17, 15) is 0 Å². The zero-order chi connectivity index (χ0) is 13.7. The van der Waals surface area contributed by atoms with Crippen LogP contribution in [-0.2, 0) is 0 Å². The minimum atomic E-state index is 0.479. The monoisotopic (exact) mass is 278 g/mol. The topological polar surface area (TPSA) is 42.2 Å². The summed E-state index contributed by atoms with van der Waals surface area (Å²) in [7, 11) is 0. The van der Waals surface area contributed by atoms with Crippen LogP contribution < -0.4 is 5.32 Å². The molecule has 4 nitrogen and oxygen atoms in total. The second kappa shape index (κ2) is 6.91.